The molecule has 2 N–H and O–H groups in total. The molecule has 0 saturated heterocycles. The number of carboxylic acid groups (broad SMARTS) is 2. The van der Waals surface area contributed by atoms with Crippen LogP contribution in [0, 0.1) is 0 Å². The molecule has 1 amide bonds. The van der Waals surface area contributed by atoms with E-state index in [1.165, 1.54) is 6.20 Å². The van der Waals surface area contributed by atoms with Crippen molar-refractivity contribution in [2.45, 2.75) is 50.0 Å². The predicted octanol–water partition coefficient (Wildman–Crippen LogP) is 2.85. The second kappa shape index (κ2) is 12.7. The first-order valence-corrected chi connectivity index (χ1v) is 11.1. The zero-order valence-corrected chi connectivity index (χ0v) is 20.0. The second-order valence-corrected chi connectivity index (χ2v) is 8.27. The number of nitrogens with zero attached hydrogens (tertiary/aromatic N) is 3. The number of hydrogen-bond acceptors (Lipinski definition) is 5. The quantitative estimate of drug-likeness (QED) is 0.360. The van der Waals surface area contributed by atoms with Gasteiger partial charge < -0.3 is 20.3 Å². The van der Waals surface area contributed by atoms with Crippen LogP contribution in [0.5, 0.6) is 0 Å². The van der Waals surface area contributed by atoms with E-state index < -0.39 is 30.2 Å². The van der Waals surface area contributed by atoms with E-state index in [-0.39, 0.29) is 37.6 Å². The molecule has 1 fully saturated rings. The molecule has 0 spiro atoms. The van der Waals surface area contributed by atoms with Crippen LogP contribution in [0.4, 0.5) is 35.1 Å². The minimum absolute atomic E-state index is 0.183. The Morgan fingerprint density at radius 2 is 1.62 bits per heavy atom. The average molecular weight is 584 g/mol. The van der Waals surface area contributed by atoms with Crippen LogP contribution in [-0.4, -0.2) is 56.7 Å². The van der Waals surface area contributed by atoms with Crippen LogP contribution in [0.1, 0.15) is 36.0 Å². The summed E-state index contributed by atoms with van der Waals surface area (Å²) in [5.41, 5.74) is 2.11. The number of amides is 1. The zero-order chi connectivity index (χ0) is 30.3. The molecule has 4 rings (SSSR count). The lowest BCUT2D eigenvalue weighted by Crippen LogP contribution is -2.41. The van der Waals surface area contributed by atoms with Crippen LogP contribution in [0.3, 0.4) is 0 Å². The third-order valence-corrected chi connectivity index (χ3v) is 5.29. The molecule has 0 unspecified atom stereocenters. The summed E-state index contributed by atoms with van der Waals surface area (Å²) in [6.07, 6.45) is -1.20. The largest absolute Gasteiger partial charge is 0.542 e. The molecular weight excluding hydrogens is 564 g/mol. The lowest BCUT2D eigenvalue weighted by atomic mass is 9.92. The van der Waals surface area contributed by atoms with Gasteiger partial charge in [-0.25, -0.2) is 22.5 Å². The van der Waals surface area contributed by atoms with Crippen molar-refractivity contribution >= 4 is 23.4 Å². The molecule has 9 nitrogen and oxygen atoms in total. The number of carboxylic acids is 2. The molecule has 0 aliphatic heterocycles. The molecule has 3 heterocycles. The first-order valence-electron chi connectivity index (χ1n) is 11.1. The smallest absolute Gasteiger partial charge is 0.490 e. The maximum Gasteiger partial charge on any atom is 0.490 e. The maximum absolute atomic E-state index is 13.3. The summed E-state index contributed by atoms with van der Waals surface area (Å²) in [6, 6.07) is 7.38. The van der Waals surface area contributed by atoms with E-state index in [2.05, 4.69) is 10.3 Å². The molecule has 1 aliphatic carbocycles. The molecule has 0 radical (unpaired) electrons. The van der Waals surface area contributed by atoms with E-state index in [9.17, 15) is 39.9 Å². The summed E-state index contributed by atoms with van der Waals surface area (Å²) < 4.78 is 93.7. The van der Waals surface area contributed by atoms with Gasteiger partial charge in [0.25, 0.3) is 12.2 Å². The van der Waals surface area contributed by atoms with E-state index in [0.29, 0.717) is 11.3 Å². The van der Waals surface area contributed by atoms with Gasteiger partial charge in [0.05, 0.1) is 6.20 Å². The Balaban J connectivity index is 0.000000333. The highest BCUT2D eigenvalue weighted by Gasteiger charge is 2.38. The van der Waals surface area contributed by atoms with Gasteiger partial charge in [-0.1, -0.05) is 6.07 Å². The van der Waals surface area contributed by atoms with Gasteiger partial charge in [-0.2, -0.15) is 26.3 Å². The standard InChI is InChI=1S/C19H18F2N4O.2C2HF3O2/c20-19(21)7-4-14(5-8-19)23-18(26)16-11-22-9-6-17(16)25-12-15-3-1-2-10-24(15)13-25;2*3-2(4,5)1(6)7/h1-3,6,9-14H,4-5,7-8H2;2*(H,6,7). The van der Waals surface area contributed by atoms with Crippen molar-refractivity contribution in [2.75, 3.05) is 0 Å². The maximum atomic E-state index is 13.3. The fourth-order valence-electron chi connectivity index (χ4n) is 3.36. The van der Waals surface area contributed by atoms with Crippen LogP contribution in [0.2, 0.25) is 0 Å². The number of halogens is 8. The van der Waals surface area contributed by atoms with Gasteiger partial charge in [-0.15, -0.1) is 0 Å². The van der Waals surface area contributed by atoms with E-state index in [4.69, 9.17) is 19.8 Å². The van der Waals surface area contributed by atoms with Gasteiger partial charge in [-0.05, 0) is 25.0 Å². The van der Waals surface area contributed by atoms with Crippen LogP contribution in [-0.2, 0) is 9.59 Å². The minimum atomic E-state index is -5.19. The monoisotopic (exact) mass is 584 g/mol. The molecule has 17 heteroatoms. The van der Waals surface area contributed by atoms with Crippen molar-refractivity contribution < 1.29 is 64.3 Å². The number of fused-ring (bicyclic) bond motifs is 1. The summed E-state index contributed by atoms with van der Waals surface area (Å²) in [4.78, 5) is 34.5. The SMILES string of the molecule is O=C(NC1CCC(F)(F)CC1)c1cnccc1-[n+]1cc2ccccn2c1.O=C(O)C(F)(F)F.O=C([O-])C(F)(F)F. The fourth-order valence-corrected chi connectivity index (χ4v) is 3.36. The van der Waals surface area contributed by atoms with Gasteiger partial charge in [0.2, 0.25) is 5.92 Å². The summed E-state index contributed by atoms with van der Waals surface area (Å²) in [5, 5.41) is 18.8. The number of hydrogen-bond donors (Lipinski definition) is 2. The van der Waals surface area contributed by atoms with Gasteiger partial charge >= 0.3 is 18.3 Å². The zero-order valence-electron chi connectivity index (χ0n) is 20.0. The first kappa shape index (κ1) is 31.9. The number of carbonyl (C=O) groups excluding carboxylic acids is 2. The number of rotatable bonds is 3. The summed E-state index contributed by atoms with van der Waals surface area (Å²) in [6.45, 7) is 0. The van der Waals surface area contributed by atoms with Gasteiger partial charge in [-0.3, -0.25) is 9.78 Å². The molecule has 3 aromatic rings. The number of pyridine rings is 2. The van der Waals surface area contributed by atoms with E-state index in [0.717, 1.165) is 5.52 Å². The second-order valence-electron chi connectivity index (χ2n) is 8.27. The molecule has 0 atom stereocenters. The molecule has 1 aliphatic rings. The summed E-state index contributed by atoms with van der Waals surface area (Å²) in [5.74, 6) is -8.66. The van der Waals surface area contributed by atoms with Crippen molar-refractivity contribution in [3.63, 3.8) is 0 Å². The molecule has 0 aromatic carbocycles. The van der Waals surface area contributed by atoms with Gasteiger partial charge in [0.1, 0.15) is 23.4 Å². The van der Waals surface area contributed by atoms with Crippen LogP contribution < -0.4 is 15.0 Å². The number of aliphatic carboxylic acids is 2. The Kier molecular flexibility index (Phi) is 10.1. The highest BCUT2D eigenvalue weighted by molar-refractivity contribution is 5.96. The van der Waals surface area contributed by atoms with Crippen molar-refractivity contribution in [3.05, 3.63) is 60.9 Å². The van der Waals surface area contributed by atoms with Crippen molar-refractivity contribution in [2.24, 2.45) is 0 Å². The predicted molar refractivity (Wildman–Crippen MR) is 116 cm³/mol. The third kappa shape index (κ3) is 9.46. The number of alkyl halides is 8. The van der Waals surface area contributed by atoms with E-state index >= 15 is 0 Å². The van der Waals surface area contributed by atoms with Crippen LogP contribution in [0.25, 0.3) is 11.2 Å². The molecule has 218 valence electrons. The van der Waals surface area contributed by atoms with Crippen molar-refractivity contribution in [1.82, 2.24) is 14.7 Å². The summed E-state index contributed by atoms with van der Waals surface area (Å²) >= 11 is 0. The molecule has 0 bridgehead atoms. The Morgan fingerprint density at radius 1 is 1.05 bits per heavy atom. The lowest BCUT2D eigenvalue weighted by molar-refractivity contribution is -0.594. The average Bonchev–Trinajstić information content (AvgIpc) is 3.29. The minimum Gasteiger partial charge on any atom is -0.542 e. The number of aromatic nitrogens is 3. The number of nitrogens with one attached hydrogen (secondary N) is 1. The van der Waals surface area contributed by atoms with Crippen LogP contribution in [0.15, 0.2) is 55.4 Å². The Hall–Kier alpha value is -4.31. The highest BCUT2D eigenvalue weighted by atomic mass is 19.4. The first-order chi connectivity index (χ1) is 18.4. The Bertz CT molecular complexity index is 1270. The molecular formula is C23H20F8N4O5. The van der Waals surface area contributed by atoms with Crippen molar-refractivity contribution in [1.29, 1.82) is 0 Å². The summed E-state index contributed by atoms with van der Waals surface area (Å²) in [7, 11) is 0. The van der Waals surface area contributed by atoms with Crippen molar-refractivity contribution in [3.8, 4) is 5.69 Å². The molecule has 3 aromatic heterocycles. The number of carbonyl (C=O) groups is 3. The van der Waals surface area contributed by atoms with E-state index in [1.807, 2.05) is 45.9 Å². The highest BCUT2D eigenvalue weighted by Crippen LogP contribution is 2.33. The normalized spacial score (nSPS) is 15.2. The van der Waals surface area contributed by atoms with E-state index in [1.54, 1.807) is 12.3 Å². The topological polar surface area (TPSA) is 128 Å². The van der Waals surface area contributed by atoms with Crippen LogP contribution >= 0.6 is 0 Å². The Morgan fingerprint density at radius 3 is 2.12 bits per heavy atom. The van der Waals surface area contributed by atoms with Gasteiger partial charge in [0.15, 0.2) is 5.52 Å². The van der Waals surface area contributed by atoms with Gasteiger partial charge in [0, 0.05) is 37.3 Å². The number of imidazole rings is 1. The Labute approximate surface area is 219 Å². The molecule has 40 heavy (non-hydrogen) atoms. The fraction of sp³-hybridized carbons (Fsp3) is 0.348. The molecule has 1 saturated carbocycles. The lowest BCUT2D eigenvalue weighted by Gasteiger charge is -2.28. The third-order valence-electron chi connectivity index (χ3n) is 5.29.